The molecule has 3 aromatic rings. The summed E-state index contributed by atoms with van der Waals surface area (Å²) >= 11 is 0. The fraction of sp³-hybridized carbons (Fsp3) is 0.240. The maximum Gasteiger partial charge on any atom is 0.331 e. The molecule has 0 bridgehead atoms. The molecule has 1 aliphatic rings. The molecule has 0 saturated heterocycles. The number of nitrogens with one attached hydrogen (secondary N) is 1. The molecule has 0 fully saturated rings. The first-order valence-corrected chi connectivity index (χ1v) is 10.4. The molecule has 1 amide bonds. The normalized spacial score (nSPS) is 13.7. The predicted octanol–water partition coefficient (Wildman–Crippen LogP) is 4.00. The van der Waals surface area contributed by atoms with E-state index in [9.17, 15) is 9.59 Å². The lowest BCUT2D eigenvalue weighted by molar-refractivity contribution is -0.148. The molecule has 0 radical (unpaired) electrons. The molecule has 1 aromatic heterocycles. The van der Waals surface area contributed by atoms with Gasteiger partial charge in [-0.2, -0.15) is 5.10 Å². The van der Waals surface area contributed by atoms with Gasteiger partial charge in [-0.25, -0.2) is 4.79 Å². The summed E-state index contributed by atoms with van der Waals surface area (Å²) in [6, 6.07) is 15.9. The summed E-state index contributed by atoms with van der Waals surface area (Å²) in [6.45, 7) is 2.21. The zero-order valence-electron chi connectivity index (χ0n) is 17.5. The van der Waals surface area contributed by atoms with Crippen LogP contribution >= 0.6 is 0 Å². The second-order valence-electron chi connectivity index (χ2n) is 7.70. The molecule has 0 saturated carbocycles. The van der Waals surface area contributed by atoms with Crippen LogP contribution in [0.4, 0.5) is 5.69 Å². The number of anilines is 1. The van der Waals surface area contributed by atoms with Gasteiger partial charge in [-0.15, -0.1) is 0 Å². The molecule has 1 aliphatic carbocycles. The molecule has 6 nitrogen and oxygen atoms in total. The average Bonchev–Trinajstić information content (AvgIpc) is 3.42. The Bertz CT molecular complexity index is 1100. The monoisotopic (exact) mass is 415 g/mol. The van der Waals surface area contributed by atoms with Crippen molar-refractivity contribution in [2.45, 2.75) is 38.8 Å². The van der Waals surface area contributed by atoms with E-state index in [-0.39, 0.29) is 5.91 Å². The lowest BCUT2D eigenvalue weighted by Crippen LogP contribution is -2.29. The van der Waals surface area contributed by atoms with Crippen LogP contribution in [-0.2, 0) is 33.7 Å². The SMILES string of the molecule is C[C@H](OC(=O)/C=C/c1cnn(Cc2ccccc2)c1)C(=O)Nc1ccc2c(c1)CCC2. The standard InChI is InChI=1S/C25H25N3O3/c1-18(25(30)27-23-12-11-21-8-5-9-22(21)14-23)31-24(29)13-10-20-15-26-28(17-20)16-19-6-3-2-4-7-19/h2-4,6-7,10-15,17-18H,5,8-9,16H2,1H3,(H,27,30)/b13-10+/t18-/m0/s1. The number of carbonyl (C=O) groups is 2. The second-order valence-corrected chi connectivity index (χ2v) is 7.70. The number of ether oxygens (including phenoxy) is 1. The van der Waals surface area contributed by atoms with E-state index in [0.717, 1.165) is 36.1 Å². The zero-order valence-corrected chi connectivity index (χ0v) is 17.5. The van der Waals surface area contributed by atoms with Crippen LogP contribution in [0.1, 0.15) is 35.6 Å². The maximum atomic E-state index is 12.4. The third kappa shape index (κ3) is 5.48. The fourth-order valence-corrected chi connectivity index (χ4v) is 3.65. The summed E-state index contributed by atoms with van der Waals surface area (Å²) in [6.07, 6.45) is 8.85. The zero-order chi connectivity index (χ0) is 21.6. The van der Waals surface area contributed by atoms with Gasteiger partial charge in [0.1, 0.15) is 0 Å². The van der Waals surface area contributed by atoms with E-state index < -0.39 is 12.1 Å². The Labute approximate surface area is 181 Å². The van der Waals surface area contributed by atoms with E-state index in [2.05, 4.69) is 16.5 Å². The maximum absolute atomic E-state index is 12.4. The highest BCUT2D eigenvalue weighted by molar-refractivity contribution is 5.96. The van der Waals surface area contributed by atoms with Crippen molar-refractivity contribution in [3.63, 3.8) is 0 Å². The summed E-state index contributed by atoms with van der Waals surface area (Å²) in [4.78, 5) is 24.5. The molecule has 6 heteroatoms. The highest BCUT2D eigenvalue weighted by Crippen LogP contribution is 2.25. The first-order valence-electron chi connectivity index (χ1n) is 10.4. The number of rotatable bonds is 7. The number of amides is 1. The van der Waals surface area contributed by atoms with Gasteiger partial charge in [0.25, 0.3) is 5.91 Å². The Balaban J connectivity index is 1.28. The molecular formula is C25H25N3O3. The number of carbonyl (C=O) groups excluding carboxylic acids is 2. The highest BCUT2D eigenvalue weighted by Gasteiger charge is 2.18. The summed E-state index contributed by atoms with van der Waals surface area (Å²) < 4.78 is 7.03. The first kappa shape index (κ1) is 20.6. The number of esters is 1. The molecular weight excluding hydrogens is 390 g/mol. The van der Waals surface area contributed by atoms with Crippen molar-refractivity contribution in [2.75, 3.05) is 5.32 Å². The van der Waals surface area contributed by atoms with Crippen LogP contribution < -0.4 is 5.32 Å². The van der Waals surface area contributed by atoms with Gasteiger partial charge >= 0.3 is 5.97 Å². The predicted molar refractivity (Wildman–Crippen MR) is 119 cm³/mol. The van der Waals surface area contributed by atoms with Gasteiger partial charge in [0.2, 0.25) is 0 Å². The molecule has 4 rings (SSSR count). The van der Waals surface area contributed by atoms with Crippen molar-refractivity contribution in [3.8, 4) is 0 Å². The van der Waals surface area contributed by atoms with Gasteiger partial charge in [-0.1, -0.05) is 36.4 Å². The van der Waals surface area contributed by atoms with Crippen LogP contribution in [-0.4, -0.2) is 27.8 Å². The second kappa shape index (κ2) is 9.43. The molecule has 158 valence electrons. The largest absolute Gasteiger partial charge is 0.449 e. The smallest absolute Gasteiger partial charge is 0.331 e. The van der Waals surface area contributed by atoms with Crippen LogP contribution in [0.3, 0.4) is 0 Å². The van der Waals surface area contributed by atoms with Crippen LogP contribution in [0.25, 0.3) is 6.08 Å². The van der Waals surface area contributed by atoms with Gasteiger partial charge in [0, 0.05) is 23.5 Å². The Morgan fingerprint density at radius 2 is 1.97 bits per heavy atom. The van der Waals surface area contributed by atoms with E-state index in [1.165, 1.54) is 17.2 Å². The Kier molecular flexibility index (Phi) is 6.26. The molecule has 0 spiro atoms. The van der Waals surface area contributed by atoms with Crippen LogP contribution in [0.5, 0.6) is 0 Å². The molecule has 1 N–H and O–H groups in total. The van der Waals surface area contributed by atoms with Crippen molar-refractivity contribution in [3.05, 3.63) is 89.3 Å². The molecule has 2 aromatic carbocycles. The third-order valence-electron chi connectivity index (χ3n) is 5.28. The summed E-state index contributed by atoms with van der Waals surface area (Å²) in [7, 11) is 0. The Morgan fingerprint density at radius 1 is 1.16 bits per heavy atom. The average molecular weight is 415 g/mol. The molecule has 0 unspecified atom stereocenters. The van der Waals surface area contributed by atoms with E-state index in [4.69, 9.17) is 4.74 Å². The molecule has 0 aliphatic heterocycles. The molecule has 31 heavy (non-hydrogen) atoms. The van der Waals surface area contributed by atoms with Gasteiger partial charge < -0.3 is 10.1 Å². The van der Waals surface area contributed by atoms with Crippen molar-refractivity contribution in [1.82, 2.24) is 9.78 Å². The number of hydrogen-bond acceptors (Lipinski definition) is 4. The topological polar surface area (TPSA) is 73.2 Å². The quantitative estimate of drug-likeness (QED) is 0.468. The van der Waals surface area contributed by atoms with Gasteiger partial charge in [0.05, 0.1) is 12.7 Å². The number of aryl methyl sites for hydroxylation is 2. The van der Waals surface area contributed by atoms with E-state index in [0.29, 0.717) is 6.54 Å². The summed E-state index contributed by atoms with van der Waals surface area (Å²) in [5.41, 5.74) is 5.27. The summed E-state index contributed by atoms with van der Waals surface area (Å²) in [5.74, 6) is -0.928. The van der Waals surface area contributed by atoms with Crippen molar-refractivity contribution >= 4 is 23.6 Å². The van der Waals surface area contributed by atoms with Crippen molar-refractivity contribution < 1.29 is 14.3 Å². The van der Waals surface area contributed by atoms with Gasteiger partial charge in [0.15, 0.2) is 6.10 Å². The van der Waals surface area contributed by atoms with Crippen molar-refractivity contribution in [2.24, 2.45) is 0 Å². The summed E-state index contributed by atoms with van der Waals surface area (Å²) in [5, 5.41) is 7.12. The first-order chi connectivity index (χ1) is 15.1. The number of aromatic nitrogens is 2. The lowest BCUT2D eigenvalue weighted by Gasteiger charge is -2.13. The van der Waals surface area contributed by atoms with Crippen molar-refractivity contribution in [1.29, 1.82) is 0 Å². The van der Waals surface area contributed by atoms with E-state index in [1.54, 1.807) is 23.9 Å². The minimum atomic E-state index is -0.897. The number of nitrogens with zero attached hydrogens (tertiary/aromatic N) is 2. The fourth-order valence-electron chi connectivity index (χ4n) is 3.65. The van der Waals surface area contributed by atoms with Gasteiger partial charge in [-0.3, -0.25) is 9.48 Å². The molecule has 1 heterocycles. The number of hydrogen-bond donors (Lipinski definition) is 1. The van der Waals surface area contributed by atoms with Gasteiger partial charge in [-0.05, 0) is 61.1 Å². The highest BCUT2D eigenvalue weighted by atomic mass is 16.5. The number of fused-ring (bicyclic) bond motifs is 1. The minimum Gasteiger partial charge on any atom is -0.449 e. The lowest BCUT2D eigenvalue weighted by atomic mass is 10.1. The van der Waals surface area contributed by atoms with Crippen LogP contribution in [0.2, 0.25) is 0 Å². The third-order valence-corrected chi connectivity index (χ3v) is 5.28. The Hall–Kier alpha value is -3.67. The molecule has 1 atom stereocenters. The minimum absolute atomic E-state index is 0.352. The van der Waals surface area contributed by atoms with Crippen LogP contribution in [0.15, 0.2) is 67.0 Å². The van der Waals surface area contributed by atoms with Crippen LogP contribution in [0, 0.1) is 0 Å². The van der Waals surface area contributed by atoms with E-state index in [1.807, 2.05) is 48.7 Å². The van der Waals surface area contributed by atoms with E-state index >= 15 is 0 Å². The number of benzene rings is 2. The Morgan fingerprint density at radius 3 is 2.81 bits per heavy atom.